The van der Waals surface area contributed by atoms with Crippen LogP contribution in [0.2, 0.25) is 5.02 Å². The summed E-state index contributed by atoms with van der Waals surface area (Å²) in [5.74, 6) is 0.901. The van der Waals surface area contributed by atoms with Crippen LogP contribution in [0.3, 0.4) is 0 Å². The van der Waals surface area contributed by atoms with E-state index < -0.39 is 0 Å². The van der Waals surface area contributed by atoms with E-state index >= 15 is 0 Å². The van der Waals surface area contributed by atoms with Gasteiger partial charge in [0.25, 0.3) is 0 Å². The van der Waals surface area contributed by atoms with Crippen molar-refractivity contribution in [2.75, 3.05) is 19.7 Å². The zero-order valence-corrected chi connectivity index (χ0v) is 16.1. The Morgan fingerprint density at radius 1 is 1.38 bits per heavy atom. The number of likely N-dealkylation sites (tertiary alicyclic amines) is 1. The smallest absolute Gasteiger partial charge is 0.225 e. The summed E-state index contributed by atoms with van der Waals surface area (Å²) in [5, 5.41) is 0.292. The van der Waals surface area contributed by atoms with E-state index in [4.69, 9.17) is 22.1 Å². The highest BCUT2D eigenvalue weighted by molar-refractivity contribution is 6.32. The van der Waals surface area contributed by atoms with Gasteiger partial charge in [0.2, 0.25) is 5.91 Å². The van der Waals surface area contributed by atoms with Crippen LogP contribution in [0, 0.1) is 17.7 Å². The van der Waals surface area contributed by atoms with Gasteiger partial charge in [0.15, 0.2) is 0 Å². The Balaban J connectivity index is 1.41. The number of hydrogen-bond donors (Lipinski definition) is 1. The minimum Gasteiger partial charge on any atom is -0.492 e. The fourth-order valence-corrected chi connectivity index (χ4v) is 4.40. The van der Waals surface area contributed by atoms with Gasteiger partial charge >= 0.3 is 0 Å². The Kier molecular flexibility index (Phi) is 6.08. The molecule has 1 aromatic carbocycles. The fourth-order valence-electron chi connectivity index (χ4n) is 4.18. The second-order valence-corrected chi connectivity index (χ2v) is 8.28. The molecule has 1 heterocycles. The lowest BCUT2D eigenvalue weighted by Crippen LogP contribution is -2.57. The molecule has 1 saturated heterocycles. The van der Waals surface area contributed by atoms with Crippen LogP contribution < -0.4 is 10.5 Å². The molecule has 1 amide bonds. The second kappa shape index (κ2) is 8.13. The van der Waals surface area contributed by atoms with Crippen molar-refractivity contribution in [3.63, 3.8) is 0 Å². The maximum Gasteiger partial charge on any atom is 0.225 e. The van der Waals surface area contributed by atoms with Gasteiger partial charge in [0.05, 0.1) is 11.6 Å². The molecule has 26 heavy (non-hydrogen) atoms. The molecule has 1 aliphatic heterocycles. The summed E-state index contributed by atoms with van der Waals surface area (Å²) in [6.07, 6.45) is 5.56. The van der Waals surface area contributed by atoms with Crippen molar-refractivity contribution in [1.29, 1.82) is 0 Å². The number of nitrogens with two attached hydrogens (primary N) is 1. The van der Waals surface area contributed by atoms with Crippen LogP contribution >= 0.6 is 11.6 Å². The molecule has 1 saturated carbocycles. The average Bonchev–Trinajstić information content (AvgIpc) is 2.59. The third-order valence-electron chi connectivity index (χ3n) is 5.70. The van der Waals surface area contributed by atoms with E-state index in [9.17, 15) is 9.18 Å². The zero-order chi connectivity index (χ0) is 18.7. The highest BCUT2D eigenvalue weighted by Gasteiger charge is 2.45. The molecule has 1 aliphatic carbocycles. The Labute approximate surface area is 159 Å². The maximum atomic E-state index is 13.1. The predicted molar refractivity (Wildman–Crippen MR) is 101 cm³/mol. The number of amides is 1. The molecule has 2 N–H and O–H groups in total. The van der Waals surface area contributed by atoms with Gasteiger partial charge in [-0.05, 0) is 56.2 Å². The molecule has 2 aliphatic rings. The van der Waals surface area contributed by atoms with Crippen molar-refractivity contribution in [2.24, 2.45) is 17.6 Å². The number of nitrogens with zero attached hydrogens (tertiary/aromatic N) is 1. The average molecular weight is 383 g/mol. The van der Waals surface area contributed by atoms with Crippen LogP contribution in [-0.4, -0.2) is 36.0 Å². The van der Waals surface area contributed by atoms with Gasteiger partial charge in [-0.1, -0.05) is 24.9 Å². The summed E-state index contributed by atoms with van der Waals surface area (Å²) in [7, 11) is 0. The van der Waals surface area contributed by atoms with Crippen LogP contribution in [0.1, 0.15) is 45.4 Å². The maximum absolute atomic E-state index is 13.1. The standard InChI is InChI=1S/C20H28ClFN2O2/c1-2-7-20(23)11-15(12-20)19(25)24-8-5-14(6-9-24)13-26-18-4-3-16(22)10-17(18)21/h3-4,10,14-15H,2,5-9,11-13,23H2,1H3/t15-,20-. The van der Waals surface area contributed by atoms with Gasteiger partial charge in [-0.15, -0.1) is 0 Å². The number of rotatable bonds is 6. The molecular weight excluding hydrogens is 355 g/mol. The Hall–Kier alpha value is -1.33. The predicted octanol–water partition coefficient (Wildman–Crippen LogP) is 4.00. The van der Waals surface area contributed by atoms with Crippen LogP contribution in [-0.2, 0) is 4.79 Å². The lowest BCUT2D eigenvalue weighted by molar-refractivity contribution is -0.142. The normalized spacial score (nSPS) is 26.5. The van der Waals surface area contributed by atoms with Crippen molar-refractivity contribution in [1.82, 2.24) is 4.90 Å². The van der Waals surface area contributed by atoms with Gasteiger partial charge in [0, 0.05) is 24.5 Å². The van der Waals surface area contributed by atoms with Gasteiger partial charge in [-0.25, -0.2) is 4.39 Å². The molecule has 3 rings (SSSR count). The first-order valence-electron chi connectivity index (χ1n) is 9.56. The molecule has 2 fully saturated rings. The number of carbonyl (C=O) groups excluding carboxylic acids is 1. The number of halogens is 2. The molecule has 0 atom stereocenters. The summed E-state index contributed by atoms with van der Waals surface area (Å²) < 4.78 is 18.8. The fraction of sp³-hybridized carbons (Fsp3) is 0.650. The molecule has 4 nitrogen and oxygen atoms in total. The van der Waals surface area contributed by atoms with E-state index in [1.54, 1.807) is 6.07 Å². The van der Waals surface area contributed by atoms with E-state index in [0.717, 1.165) is 51.6 Å². The molecule has 0 unspecified atom stereocenters. The largest absolute Gasteiger partial charge is 0.492 e. The van der Waals surface area contributed by atoms with Gasteiger partial charge in [0.1, 0.15) is 11.6 Å². The first-order chi connectivity index (χ1) is 12.4. The number of carbonyl (C=O) groups is 1. The zero-order valence-electron chi connectivity index (χ0n) is 15.3. The van der Waals surface area contributed by atoms with E-state index in [2.05, 4.69) is 6.92 Å². The van der Waals surface area contributed by atoms with Crippen LogP contribution in [0.5, 0.6) is 5.75 Å². The van der Waals surface area contributed by atoms with Crippen LogP contribution in [0.4, 0.5) is 4.39 Å². The first-order valence-corrected chi connectivity index (χ1v) is 9.93. The monoisotopic (exact) mass is 382 g/mol. The van der Waals surface area contributed by atoms with Crippen molar-refractivity contribution in [2.45, 2.75) is 51.0 Å². The lowest BCUT2D eigenvalue weighted by atomic mass is 9.66. The molecule has 0 radical (unpaired) electrons. The van der Waals surface area contributed by atoms with Crippen LogP contribution in [0.25, 0.3) is 0 Å². The molecule has 144 valence electrons. The minimum absolute atomic E-state index is 0.109. The highest BCUT2D eigenvalue weighted by Crippen LogP contribution is 2.40. The van der Waals surface area contributed by atoms with Gasteiger partial charge in [-0.2, -0.15) is 0 Å². The van der Waals surface area contributed by atoms with Gasteiger partial charge < -0.3 is 15.4 Å². The molecule has 0 bridgehead atoms. The quantitative estimate of drug-likeness (QED) is 0.808. The van der Waals surface area contributed by atoms with Crippen molar-refractivity contribution in [3.8, 4) is 5.75 Å². The first kappa shape index (κ1) is 19.4. The third kappa shape index (κ3) is 4.49. The SMILES string of the molecule is CCC[C@]1(N)C[C@H](C(=O)N2CCC(COc3ccc(F)cc3Cl)CC2)C1. The van der Waals surface area contributed by atoms with Crippen molar-refractivity contribution in [3.05, 3.63) is 29.0 Å². The summed E-state index contributed by atoms with van der Waals surface area (Å²) in [4.78, 5) is 14.6. The van der Waals surface area contributed by atoms with Gasteiger partial charge in [-0.3, -0.25) is 4.79 Å². The Morgan fingerprint density at radius 2 is 2.08 bits per heavy atom. The third-order valence-corrected chi connectivity index (χ3v) is 5.99. The number of hydrogen-bond acceptors (Lipinski definition) is 3. The number of piperidine rings is 1. The van der Waals surface area contributed by atoms with E-state index in [1.165, 1.54) is 12.1 Å². The lowest BCUT2D eigenvalue weighted by Gasteiger charge is -2.46. The summed E-state index contributed by atoms with van der Waals surface area (Å²) in [6, 6.07) is 4.16. The Morgan fingerprint density at radius 3 is 2.69 bits per heavy atom. The van der Waals surface area contributed by atoms with E-state index in [1.807, 2.05) is 4.90 Å². The van der Waals surface area contributed by atoms with E-state index in [-0.39, 0.29) is 23.2 Å². The van der Waals surface area contributed by atoms with Crippen molar-refractivity contribution >= 4 is 17.5 Å². The molecule has 0 aromatic heterocycles. The molecular formula is C20H28ClFN2O2. The number of benzene rings is 1. The summed E-state index contributed by atoms with van der Waals surface area (Å²) >= 11 is 5.99. The Bertz CT molecular complexity index is 641. The van der Waals surface area contributed by atoms with Crippen molar-refractivity contribution < 1.29 is 13.9 Å². The molecule has 1 aromatic rings. The topological polar surface area (TPSA) is 55.6 Å². The molecule has 0 spiro atoms. The van der Waals surface area contributed by atoms with E-state index in [0.29, 0.717) is 23.3 Å². The summed E-state index contributed by atoms with van der Waals surface area (Å²) in [6.45, 7) is 4.21. The second-order valence-electron chi connectivity index (χ2n) is 7.87. The van der Waals surface area contributed by atoms with Crippen LogP contribution in [0.15, 0.2) is 18.2 Å². The summed E-state index contributed by atoms with van der Waals surface area (Å²) in [5.41, 5.74) is 6.17. The number of ether oxygens (including phenoxy) is 1. The minimum atomic E-state index is -0.370. The molecule has 6 heteroatoms. The highest BCUT2D eigenvalue weighted by atomic mass is 35.5.